The molecule has 0 aliphatic heterocycles. The summed E-state index contributed by atoms with van der Waals surface area (Å²) in [6.45, 7) is 2.19. The van der Waals surface area contributed by atoms with Crippen LogP contribution in [0.2, 0.25) is 0 Å². The SMILES string of the molecule is CCCCc1ccc(NC(=O)Cc2csc3nc(-c4cc(OC)ccc4OC)cn23)cc1. The third kappa shape index (κ3) is 4.78. The van der Waals surface area contributed by atoms with Gasteiger partial charge in [0.15, 0.2) is 4.96 Å². The van der Waals surface area contributed by atoms with Gasteiger partial charge in [-0.15, -0.1) is 11.3 Å². The number of amides is 1. The first-order valence-electron chi connectivity index (χ1n) is 10.7. The number of fused-ring (bicyclic) bond motifs is 1. The van der Waals surface area contributed by atoms with Crippen LogP contribution in [0.5, 0.6) is 11.5 Å². The lowest BCUT2D eigenvalue weighted by molar-refractivity contribution is -0.115. The topological polar surface area (TPSA) is 64.9 Å². The van der Waals surface area contributed by atoms with Crippen molar-refractivity contribution in [2.45, 2.75) is 32.6 Å². The van der Waals surface area contributed by atoms with Crippen molar-refractivity contribution in [3.8, 4) is 22.8 Å². The van der Waals surface area contributed by atoms with Gasteiger partial charge in [0.1, 0.15) is 11.5 Å². The molecule has 0 saturated carbocycles. The largest absolute Gasteiger partial charge is 0.497 e. The second kappa shape index (κ2) is 9.87. The average Bonchev–Trinajstić information content (AvgIpc) is 3.40. The predicted octanol–water partition coefficient (Wildman–Crippen LogP) is 5.60. The number of benzene rings is 2. The van der Waals surface area contributed by atoms with Crippen molar-refractivity contribution in [3.63, 3.8) is 0 Å². The summed E-state index contributed by atoms with van der Waals surface area (Å²) < 4.78 is 12.8. The van der Waals surface area contributed by atoms with Crippen molar-refractivity contribution < 1.29 is 14.3 Å². The van der Waals surface area contributed by atoms with Gasteiger partial charge in [-0.2, -0.15) is 0 Å². The van der Waals surface area contributed by atoms with E-state index in [1.807, 2.05) is 46.3 Å². The van der Waals surface area contributed by atoms with Gasteiger partial charge in [0.2, 0.25) is 5.91 Å². The highest BCUT2D eigenvalue weighted by atomic mass is 32.1. The zero-order chi connectivity index (χ0) is 22.5. The molecule has 0 aliphatic carbocycles. The maximum absolute atomic E-state index is 12.7. The van der Waals surface area contributed by atoms with E-state index in [4.69, 9.17) is 14.5 Å². The molecular formula is C25H27N3O3S. The quantitative estimate of drug-likeness (QED) is 0.361. The third-order valence-electron chi connectivity index (χ3n) is 5.36. The predicted molar refractivity (Wildman–Crippen MR) is 129 cm³/mol. The molecule has 7 heteroatoms. The van der Waals surface area contributed by atoms with Gasteiger partial charge in [0, 0.05) is 28.5 Å². The van der Waals surface area contributed by atoms with Crippen molar-refractivity contribution in [1.29, 1.82) is 0 Å². The van der Waals surface area contributed by atoms with E-state index in [-0.39, 0.29) is 12.3 Å². The molecular weight excluding hydrogens is 422 g/mol. The number of ether oxygens (including phenoxy) is 2. The van der Waals surface area contributed by atoms with Crippen molar-refractivity contribution in [1.82, 2.24) is 9.38 Å². The number of carbonyl (C=O) groups is 1. The van der Waals surface area contributed by atoms with Crippen LogP contribution in [-0.4, -0.2) is 29.5 Å². The number of rotatable bonds is 9. The Labute approximate surface area is 191 Å². The molecule has 32 heavy (non-hydrogen) atoms. The van der Waals surface area contributed by atoms with E-state index >= 15 is 0 Å². The molecule has 0 saturated heterocycles. The molecule has 0 radical (unpaired) electrons. The summed E-state index contributed by atoms with van der Waals surface area (Å²) in [6.07, 6.45) is 5.62. The van der Waals surface area contributed by atoms with E-state index in [9.17, 15) is 4.79 Å². The number of thiazole rings is 1. The number of hydrogen-bond acceptors (Lipinski definition) is 5. The Hall–Kier alpha value is -3.32. The third-order valence-corrected chi connectivity index (χ3v) is 6.25. The van der Waals surface area contributed by atoms with Crippen LogP contribution >= 0.6 is 11.3 Å². The normalized spacial score (nSPS) is 11.0. The Bertz CT molecular complexity index is 1210. The molecule has 2 heterocycles. The molecule has 166 valence electrons. The Balaban J connectivity index is 1.50. The van der Waals surface area contributed by atoms with E-state index in [1.165, 1.54) is 29.7 Å². The molecule has 0 aliphatic rings. The number of nitrogens with one attached hydrogen (secondary N) is 1. The van der Waals surface area contributed by atoms with Gasteiger partial charge >= 0.3 is 0 Å². The van der Waals surface area contributed by atoms with Crippen LogP contribution in [0.1, 0.15) is 31.0 Å². The molecule has 0 spiro atoms. The lowest BCUT2D eigenvalue weighted by Gasteiger charge is -2.08. The highest BCUT2D eigenvalue weighted by molar-refractivity contribution is 7.15. The average molecular weight is 450 g/mol. The van der Waals surface area contributed by atoms with Crippen molar-refractivity contribution >= 4 is 27.9 Å². The maximum Gasteiger partial charge on any atom is 0.230 e. The van der Waals surface area contributed by atoms with Gasteiger partial charge in [-0.25, -0.2) is 4.98 Å². The Morgan fingerprint density at radius 2 is 1.94 bits per heavy atom. The van der Waals surface area contributed by atoms with Gasteiger partial charge in [-0.3, -0.25) is 9.20 Å². The number of nitrogens with zero attached hydrogens (tertiary/aromatic N) is 2. The van der Waals surface area contributed by atoms with E-state index in [0.717, 1.165) is 45.5 Å². The van der Waals surface area contributed by atoms with Crippen LogP contribution in [0.4, 0.5) is 5.69 Å². The summed E-state index contributed by atoms with van der Waals surface area (Å²) in [5, 5.41) is 4.97. The second-order valence-electron chi connectivity index (χ2n) is 7.60. The summed E-state index contributed by atoms with van der Waals surface area (Å²) in [7, 11) is 3.27. The van der Waals surface area contributed by atoms with Gasteiger partial charge in [-0.05, 0) is 48.7 Å². The number of methoxy groups -OCH3 is 2. The first kappa shape index (κ1) is 21.9. The van der Waals surface area contributed by atoms with Gasteiger partial charge in [-0.1, -0.05) is 25.5 Å². The Kier molecular flexibility index (Phi) is 6.75. The fourth-order valence-corrected chi connectivity index (χ4v) is 4.48. The maximum atomic E-state index is 12.7. The minimum Gasteiger partial charge on any atom is -0.497 e. The van der Waals surface area contributed by atoms with Crippen LogP contribution in [-0.2, 0) is 17.6 Å². The van der Waals surface area contributed by atoms with E-state index in [2.05, 4.69) is 24.4 Å². The minimum atomic E-state index is -0.0554. The Morgan fingerprint density at radius 1 is 1.12 bits per heavy atom. The van der Waals surface area contributed by atoms with Gasteiger partial charge < -0.3 is 14.8 Å². The lowest BCUT2D eigenvalue weighted by Crippen LogP contribution is -2.15. The molecule has 4 rings (SSSR count). The molecule has 0 fully saturated rings. The van der Waals surface area contributed by atoms with Crippen LogP contribution in [0.25, 0.3) is 16.2 Å². The monoisotopic (exact) mass is 449 g/mol. The molecule has 0 bridgehead atoms. The molecule has 2 aromatic heterocycles. The fraction of sp³-hybridized carbons (Fsp3) is 0.280. The van der Waals surface area contributed by atoms with Crippen molar-refractivity contribution in [2.75, 3.05) is 19.5 Å². The number of aromatic nitrogens is 2. The first-order chi connectivity index (χ1) is 15.6. The number of imidazole rings is 1. The summed E-state index contributed by atoms with van der Waals surface area (Å²) >= 11 is 1.51. The van der Waals surface area contributed by atoms with Crippen molar-refractivity contribution in [2.24, 2.45) is 0 Å². The van der Waals surface area contributed by atoms with Gasteiger partial charge in [0.05, 0.1) is 26.3 Å². The van der Waals surface area contributed by atoms with Crippen LogP contribution in [0.15, 0.2) is 54.0 Å². The van der Waals surface area contributed by atoms with E-state index in [1.54, 1.807) is 14.2 Å². The summed E-state index contributed by atoms with van der Waals surface area (Å²) in [5.74, 6) is 1.40. The minimum absolute atomic E-state index is 0.0554. The second-order valence-corrected chi connectivity index (χ2v) is 8.43. The molecule has 2 aromatic carbocycles. The number of carbonyl (C=O) groups excluding carboxylic acids is 1. The first-order valence-corrected chi connectivity index (χ1v) is 11.6. The molecule has 1 amide bonds. The summed E-state index contributed by atoms with van der Waals surface area (Å²) in [4.78, 5) is 18.2. The lowest BCUT2D eigenvalue weighted by atomic mass is 10.1. The number of unbranched alkanes of at least 4 members (excludes halogenated alkanes) is 1. The zero-order valence-electron chi connectivity index (χ0n) is 18.6. The molecule has 1 N–H and O–H groups in total. The smallest absolute Gasteiger partial charge is 0.230 e. The Morgan fingerprint density at radius 3 is 2.66 bits per heavy atom. The highest BCUT2D eigenvalue weighted by Crippen LogP contribution is 2.34. The van der Waals surface area contributed by atoms with Gasteiger partial charge in [0.25, 0.3) is 0 Å². The number of anilines is 1. The molecule has 0 unspecified atom stereocenters. The molecule has 0 atom stereocenters. The van der Waals surface area contributed by atoms with Crippen LogP contribution in [0, 0.1) is 0 Å². The zero-order valence-corrected chi connectivity index (χ0v) is 19.4. The fourth-order valence-electron chi connectivity index (χ4n) is 3.61. The van der Waals surface area contributed by atoms with Crippen LogP contribution in [0.3, 0.4) is 0 Å². The number of aryl methyl sites for hydroxylation is 1. The highest BCUT2D eigenvalue weighted by Gasteiger charge is 2.16. The van der Waals surface area contributed by atoms with E-state index < -0.39 is 0 Å². The van der Waals surface area contributed by atoms with Crippen molar-refractivity contribution in [3.05, 3.63) is 65.3 Å². The summed E-state index contributed by atoms with van der Waals surface area (Å²) in [6, 6.07) is 13.7. The molecule has 6 nitrogen and oxygen atoms in total. The van der Waals surface area contributed by atoms with E-state index in [0.29, 0.717) is 0 Å². The number of hydrogen-bond donors (Lipinski definition) is 1. The van der Waals surface area contributed by atoms with Crippen LogP contribution < -0.4 is 14.8 Å². The summed E-state index contributed by atoms with van der Waals surface area (Å²) in [5.41, 5.74) is 4.62. The molecule has 4 aromatic rings. The standard InChI is InChI=1S/C25H27N3O3S/c1-4-5-6-17-7-9-18(10-8-17)26-24(29)13-19-16-32-25-27-22(15-28(19)25)21-14-20(30-2)11-12-23(21)31-3/h7-12,14-16H,4-6,13H2,1-3H3,(H,26,29).